The van der Waals surface area contributed by atoms with Gasteiger partial charge in [0, 0.05) is 6.54 Å². The molecule has 0 aliphatic rings. The van der Waals surface area contributed by atoms with Gasteiger partial charge >= 0.3 is 0 Å². The molecule has 0 unspecified atom stereocenters. The summed E-state index contributed by atoms with van der Waals surface area (Å²) < 4.78 is 5.35. The van der Waals surface area contributed by atoms with Crippen molar-refractivity contribution < 1.29 is 4.74 Å². The maximum Gasteiger partial charge on any atom is 0.119 e. The SMILES string of the molecule is CCOc1ccc(/C=C/CNC)cc1. The van der Waals surface area contributed by atoms with Crippen LogP contribution < -0.4 is 10.1 Å². The lowest BCUT2D eigenvalue weighted by atomic mass is 10.2. The first-order chi connectivity index (χ1) is 6.86. The summed E-state index contributed by atoms with van der Waals surface area (Å²) in [4.78, 5) is 0. The number of hydrogen-bond acceptors (Lipinski definition) is 2. The van der Waals surface area contributed by atoms with Crippen LogP contribution in [0.5, 0.6) is 5.75 Å². The molecule has 2 heteroatoms. The molecule has 1 aromatic rings. The Bertz CT molecular complexity index is 277. The summed E-state index contributed by atoms with van der Waals surface area (Å²) in [6.45, 7) is 3.60. The van der Waals surface area contributed by atoms with Crippen LogP contribution in [0.4, 0.5) is 0 Å². The fraction of sp³-hybridized carbons (Fsp3) is 0.333. The van der Waals surface area contributed by atoms with Gasteiger partial charge < -0.3 is 10.1 Å². The third-order valence-electron chi connectivity index (χ3n) is 1.82. The van der Waals surface area contributed by atoms with Crippen molar-refractivity contribution in [2.75, 3.05) is 20.2 Å². The molecule has 0 atom stereocenters. The molecular formula is C12H17NO. The van der Waals surface area contributed by atoms with E-state index in [4.69, 9.17) is 4.74 Å². The van der Waals surface area contributed by atoms with Gasteiger partial charge in [-0.15, -0.1) is 0 Å². The average Bonchev–Trinajstić information content (AvgIpc) is 2.21. The van der Waals surface area contributed by atoms with Gasteiger partial charge in [0.15, 0.2) is 0 Å². The number of benzene rings is 1. The van der Waals surface area contributed by atoms with Crippen molar-refractivity contribution >= 4 is 6.08 Å². The molecule has 1 N–H and O–H groups in total. The molecule has 0 aliphatic heterocycles. The molecule has 0 spiro atoms. The molecule has 1 rings (SSSR count). The Balaban J connectivity index is 2.54. The second kappa shape index (κ2) is 6.22. The highest BCUT2D eigenvalue weighted by molar-refractivity contribution is 5.50. The van der Waals surface area contributed by atoms with Gasteiger partial charge in [-0.3, -0.25) is 0 Å². The smallest absolute Gasteiger partial charge is 0.119 e. The van der Waals surface area contributed by atoms with E-state index in [0.29, 0.717) is 0 Å². The highest BCUT2D eigenvalue weighted by Gasteiger charge is 1.90. The summed E-state index contributed by atoms with van der Waals surface area (Å²) in [5.74, 6) is 0.929. The molecule has 1 aromatic carbocycles. The van der Waals surface area contributed by atoms with Crippen molar-refractivity contribution in [3.8, 4) is 5.75 Å². The van der Waals surface area contributed by atoms with Crippen LogP contribution in [-0.4, -0.2) is 20.2 Å². The van der Waals surface area contributed by atoms with E-state index >= 15 is 0 Å². The van der Waals surface area contributed by atoms with Crippen LogP contribution in [0.25, 0.3) is 6.08 Å². The quantitative estimate of drug-likeness (QED) is 0.771. The fourth-order valence-electron chi connectivity index (χ4n) is 1.15. The minimum Gasteiger partial charge on any atom is -0.494 e. The highest BCUT2D eigenvalue weighted by atomic mass is 16.5. The van der Waals surface area contributed by atoms with Crippen LogP contribution in [0.15, 0.2) is 30.3 Å². The van der Waals surface area contributed by atoms with E-state index in [1.54, 1.807) is 0 Å². The second-order valence-electron chi connectivity index (χ2n) is 2.96. The number of ether oxygens (including phenoxy) is 1. The lowest BCUT2D eigenvalue weighted by molar-refractivity contribution is 0.340. The zero-order valence-electron chi connectivity index (χ0n) is 8.79. The maximum absolute atomic E-state index is 5.35. The highest BCUT2D eigenvalue weighted by Crippen LogP contribution is 2.12. The van der Waals surface area contributed by atoms with Gasteiger partial charge in [-0.2, -0.15) is 0 Å². The van der Waals surface area contributed by atoms with Gasteiger partial charge in [0.1, 0.15) is 5.75 Å². The molecule has 0 saturated heterocycles. The standard InChI is InChI=1S/C12H17NO/c1-3-14-12-8-6-11(7-9-12)5-4-10-13-2/h4-9,13H,3,10H2,1-2H3/b5-4+. The van der Waals surface area contributed by atoms with Crippen LogP contribution in [-0.2, 0) is 0 Å². The lowest BCUT2D eigenvalue weighted by Crippen LogP contribution is -2.03. The predicted molar refractivity (Wildman–Crippen MR) is 60.6 cm³/mol. The summed E-state index contributed by atoms with van der Waals surface area (Å²) in [5, 5.41) is 3.06. The van der Waals surface area contributed by atoms with E-state index in [-0.39, 0.29) is 0 Å². The van der Waals surface area contributed by atoms with Gasteiger partial charge in [-0.1, -0.05) is 24.3 Å². The van der Waals surface area contributed by atoms with Crippen LogP contribution in [0.1, 0.15) is 12.5 Å². The topological polar surface area (TPSA) is 21.3 Å². The Kier molecular flexibility index (Phi) is 4.79. The third kappa shape index (κ3) is 3.62. The van der Waals surface area contributed by atoms with Crippen molar-refractivity contribution in [3.05, 3.63) is 35.9 Å². The van der Waals surface area contributed by atoms with Gasteiger partial charge in [-0.25, -0.2) is 0 Å². The van der Waals surface area contributed by atoms with Crippen molar-refractivity contribution in [1.82, 2.24) is 5.32 Å². The third-order valence-corrected chi connectivity index (χ3v) is 1.82. The largest absolute Gasteiger partial charge is 0.494 e. The first-order valence-corrected chi connectivity index (χ1v) is 4.91. The van der Waals surface area contributed by atoms with E-state index < -0.39 is 0 Å². The lowest BCUT2D eigenvalue weighted by Gasteiger charge is -2.02. The summed E-state index contributed by atoms with van der Waals surface area (Å²) in [5.41, 5.74) is 1.20. The predicted octanol–water partition coefficient (Wildman–Crippen LogP) is 2.32. The Hall–Kier alpha value is -1.28. The van der Waals surface area contributed by atoms with Crippen LogP contribution in [0, 0.1) is 0 Å². The minimum absolute atomic E-state index is 0.717. The fourth-order valence-corrected chi connectivity index (χ4v) is 1.15. The Morgan fingerprint density at radius 3 is 2.57 bits per heavy atom. The van der Waals surface area contributed by atoms with Crippen molar-refractivity contribution in [1.29, 1.82) is 0 Å². The Morgan fingerprint density at radius 1 is 1.29 bits per heavy atom. The van der Waals surface area contributed by atoms with Crippen molar-refractivity contribution in [3.63, 3.8) is 0 Å². The molecule has 2 nitrogen and oxygen atoms in total. The van der Waals surface area contributed by atoms with Gasteiger partial charge in [0.2, 0.25) is 0 Å². The number of rotatable bonds is 5. The molecule has 14 heavy (non-hydrogen) atoms. The Labute approximate surface area is 85.6 Å². The van der Waals surface area contributed by atoms with Crippen LogP contribution in [0.3, 0.4) is 0 Å². The summed E-state index contributed by atoms with van der Waals surface area (Å²) in [7, 11) is 1.93. The maximum atomic E-state index is 5.35. The first-order valence-electron chi connectivity index (χ1n) is 4.91. The Morgan fingerprint density at radius 2 is 2.00 bits per heavy atom. The van der Waals surface area contributed by atoms with E-state index in [1.165, 1.54) is 5.56 Å². The van der Waals surface area contributed by atoms with Gasteiger partial charge in [0.25, 0.3) is 0 Å². The molecule has 0 amide bonds. The summed E-state index contributed by atoms with van der Waals surface area (Å²) >= 11 is 0. The zero-order valence-corrected chi connectivity index (χ0v) is 8.79. The zero-order chi connectivity index (χ0) is 10.2. The summed E-state index contributed by atoms with van der Waals surface area (Å²) in [6.07, 6.45) is 4.18. The number of nitrogens with one attached hydrogen (secondary N) is 1. The van der Waals surface area contributed by atoms with E-state index in [0.717, 1.165) is 18.9 Å². The van der Waals surface area contributed by atoms with Crippen molar-refractivity contribution in [2.45, 2.75) is 6.92 Å². The van der Waals surface area contributed by atoms with Gasteiger partial charge in [-0.05, 0) is 31.7 Å². The molecule has 0 heterocycles. The second-order valence-corrected chi connectivity index (χ2v) is 2.96. The molecular weight excluding hydrogens is 174 g/mol. The number of likely N-dealkylation sites (N-methyl/N-ethyl adjacent to an activating group) is 1. The van der Waals surface area contributed by atoms with E-state index in [9.17, 15) is 0 Å². The van der Waals surface area contributed by atoms with Crippen LogP contribution >= 0.6 is 0 Å². The van der Waals surface area contributed by atoms with Crippen LogP contribution in [0.2, 0.25) is 0 Å². The molecule has 0 saturated carbocycles. The van der Waals surface area contributed by atoms with Gasteiger partial charge in [0.05, 0.1) is 6.61 Å². The molecule has 76 valence electrons. The first kappa shape index (κ1) is 10.8. The molecule has 0 aliphatic carbocycles. The molecule has 0 aromatic heterocycles. The normalized spacial score (nSPS) is 10.7. The average molecular weight is 191 g/mol. The van der Waals surface area contributed by atoms with Crippen molar-refractivity contribution in [2.24, 2.45) is 0 Å². The minimum atomic E-state index is 0.717. The summed E-state index contributed by atoms with van der Waals surface area (Å²) in [6, 6.07) is 8.08. The van der Waals surface area contributed by atoms with E-state index in [1.807, 2.05) is 26.1 Å². The van der Waals surface area contributed by atoms with E-state index in [2.05, 4.69) is 29.6 Å². The molecule has 0 bridgehead atoms. The molecule has 0 radical (unpaired) electrons. The molecule has 0 fully saturated rings. The monoisotopic (exact) mass is 191 g/mol. The number of hydrogen-bond donors (Lipinski definition) is 1.